The minimum atomic E-state index is -4.36. The zero-order valence-corrected chi connectivity index (χ0v) is 36.4. The number of carbonyl (C=O) groups excluding carboxylic acids is 2. The van der Waals surface area contributed by atoms with Crippen LogP contribution in [-0.2, 0) is 41.2 Å². The van der Waals surface area contributed by atoms with Gasteiger partial charge in [-0.2, -0.15) is 4.31 Å². The Hall–Kier alpha value is -4.68. The van der Waals surface area contributed by atoms with Crippen LogP contribution in [0.1, 0.15) is 47.6 Å². The van der Waals surface area contributed by atoms with E-state index in [0.29, 0.717) is 6.42 Å². The van der Waals surface area contributed by atoms with E-state index in [2.05, 4.69) is 0 Å². The van der Waals surface area contributed by atoms with E-state index in [-0.39, 0.29) is 44.2 Å². The minimum Gasteiger partial charge on any atom is -0.464 e. The third-order valence-electron chi connectivity index (χ3n) is 10.3. The number of alkyl halides is 3. The van der Waals surface area contributed by atoms with Gasteiger partial charge in [-0.3, -0.25) is 4.79 Å². The molecule has 0 N–H and O–H groups in total. The fraction of sp³-hybridized carbons (Fsp3) is 0.277. The second-order valence-electron chi connectivity index (χ2n) is 14.5. The van der Waals surface area contributed by atoms with Crippen LogP contribution in [0.2, 0.25) is 0 Å². The number of hydrogen-bond acceptors (Lipinski definition) is 7. The van der Waals surface area contributed by atoms with E-state index < -0.39 is 43.6 Å². The fourth-order valence-corrected chi connectivity index (χ4v) is 9.93. The van der Waals surface area contributed by atoms with Gasteiger partial charge < -0.3 is 19.1 Å². The van der Waals surface area contributed by atoms with E-state index in [1.165, 1.54) is 28.3 Å². The number of rotatable bonds is 16. The predicted octanol–water partition coefficient (Wildman–Crippen LogP) is 10.0. The van der Waals surface area contributed by atoms with Gasteiger partial charge in [0.2, 0.25) is 13.8 Å². The monoisotopic (exact) mass is 888 g/mol. The predicted molar refractivity (Wildman–Crippen MR) is 235 cm³/mol. The molecule has 0 fully saturated rings. The maximum Gasteiger partial charge on any atom is 0.410 e. The molecule has 9 nitrogen and oxygen atoms in total. The molecule has 13 heteroatoms. The number of hydrogen-bond donors (Lipinski definition) is 0. The van der Waals surface area contributed by atoms with Crippen molar-refractivity contribution in [1.29, 1.82) is 0 Å². The highest BCUT2D eigenvalue weighted by atomic mass is 35.6. The fourth-order valence-electron chi connectivity index (χ4n) is 7.44. The van der Waals surface area contributed by atoms with Crippen LogP contribution in [0.3, 0.4) is 0 Å². The van der Waals surface area contributed by atoms with E-state index in [1.807, 2.05) is 128 Å². The van der Waals surface area contributed by atoms with Crippen LogP contribution in [-0.4, -0.2) is 71.9 Å². The molecule has 0 aromatic heterocycles. The molecule has 0 saturated heterocycles. The zero-order valence-electron chi connectivity index (χ0n) is 33.3. The third kappa shape index (κ3) is 11.0. The first kappa shape index (κ1) is 44.9. The van der Waals surface area contributed by atoms with Gasteiger partial charge in [-0.15, -0.1) is 0 Å². The number of carbonyl (C=O) groups is 2. The summed E-state index contributed by atoms with van der Waals surface area (Å²) in [4.78, 5) is 26.9. The Morgan fingerprint density at radius 3 is 1.75 bits per heavy atom. The molecular formula is C47H47Cl3N2O7S. The van der Waals surface area contributed by atoms with Gasteiger partial charge in [0, 0.05) is 13.5 Å². The quantitative estimate of drug-likeness (QED) is 0.0421. The van der Waals surface area contributed by atoms with E-state index in [1.54, 1.807) is 18.2 Å². The molecule has 314 valence electrons. The maximum atomic E-state index is 14.7. The van der Waals surface area contributed by atoms with Crippen LogP contribution >= 0.6 is 34.8 Å². The van der Waals surface area contributed by atoms with Crippen molar-refractivity contribution in [2.45, 2.75) is 59.7 Å². The Labute approximate surface area is 367 Å². The molecule has 2 atom stereocenters. The molecule has 6 rings (SSSR count). The molecule has 1 aliphatic rings. The van der Waals surface area contributed by atoms with Crippen LogP contribution in [0.5, 0.6) is 0 Å². The van der Waals surface area contributed by atoms with Crippen LogP contribution in [0.15, 0.2) is 162 Å². The summed E-state index contributed by atoms with van der Waals surface area (Å²) < 4.78 is 46.6. The summed E-state index contributed by atoms with van der Waals surface area (Å²) in [6.45, 7) is 2.78. The van der Waals surface area contributed by atoms with Gasteiger partial charge in [0.05, 0.1) is 30.1 Å². The van der Waals surface area contributed by atoms with Gasteiger partial charge in [0.15, 0.2) is 0 Å². The highest BCUT2D eigenvalue weighted by Gasteiger charge is 2.49. The normalized spacial score (nSPS) is 16.1. The molecule has 1 amide bonds. The summed E-state index contributed by atoms with van der Waals surface area (Å²) >= 11 is 20.2. The Balaban J connectivity index is 1.39. The Bertz CT molecular complexity index is 2220. The second kappa shape index (κ2) is 20.3. The molecule has 0 saturated carbocycles. The Morgan fingerprint density at radius 1 is 0.733 bits per heavy atom. The van der Waals surface area contributed by atoms with Crippen molar-refractivity contribution in [2.75, 3.05) is 26.3 Å². The number of aryl methyl sites for hydroxylation is 1. The van der Waals surface area contributed by atoms with Crippen LogP contribution in [0.25, 0.3) is 0 Å². The van der Waals surface area contributed by atoms with Crippen molar-refractivity contribution < 1.29 is 32.2 Å². The molecule has 0 aliphatic carbocycles. The van der Waals surface area contributed by atoms with E-state index in [0.717, 1.165) is 33.4 Å². The molecule has 1 aliphatic heterocycles. The van der Waals surface area contributed by atoms with Gasteiger partial charge in [0.1, 0.15) is 18.8 Å². The van der Waals surface area contributed by atoms with Crippen LogP contribution < -0.4 is 0 Å². The average Bonchev–Trinajstić information content (AvgIpc) is 3.25. The summed E-state index contributed by atoms with van der Waals surface area (Å²) in [5.41, 5.74) is 4.12. The lowest BCUT2D eigenvalue weighted by Crippen LogP contribution is -2.57. The van der Waals surface area contributed by atoms with Crippen LogP contribution in [0, 0.1) is 6.92 Å². The van der Waals surface area contributed by atoms with Crippen molar-refractivity contribution in [3.05, 3.63) is 185 Å². The number of sulfonamides is 1. The number of ether oxygens (including phenoxy) is 3. The highest BCUT2D eigenvalue weighted by Crippen LogP contribution is 2.45. The molecule has 1 heterocycles. The summed E-state index contributed by atoms with van der Waals surface area (Å²) in [5, 5.41) is 0. The molecule has 60 heavy (non-hydrogen) atoms. The number of benzene rings is 5. The molecule has 5 aromatic carbocycles. The van der Waals surface area contributed by atoms with Gasteiger partial charge in [-0.05, 0) is 54.2 Å². The smallest absolute Gasteiger partial charge is 0.410 e. The first-order valence-electron chi connectivity index (χ1n) is 19.5. The topological polar surface area (TPSA) is 102 Å². The first-order valence-corrected chi connectivity index (χ1v) is 22.1. The van der Waals surface area contributed by atoms with Crippen molar-refractivity contribution in [3.63, 3.8) is 0 Å². The maximum absolute atomic E-state index is 14.7. The molecule has 2 unspecified atom stereocenters. The summed E-state index contributed by atoms with van der Waals surface area (Å²) in [6.07, 6.45) is 1.45. The molecule has 0 bridgehead atoms. The third-order valence-corrected chi connectivity index (χ3v) is 13.0. The average molecular weight is 890 g/mol. The van der Waals surface area contributed by atoms with Gasteiger partial charge in [0.25, 0.3) is 0 Å². The zero-order chi connectivity index (χ0) is 42.8. The minimum absolute atomic E-state index is 0.00554. The SMILES string of the molecule is CC(=O)OCCN(CC1C=C(CCOC(c2ccccc2)(c2ccccc2)c2ccccc2)CC(C(Cl)(Cl)Cl)N1S(=O)(=O)c1ccc(C)cc1)C(=O)OCc1ccccc1. The summed E-state index contributed by atoms with van der Waals surface area (Å²) in [6, 6.07) is 43.2. The van der Waals surface area contributed by atoms with Gasteiger partial charge >= 0.3 is 12.1 Å². The lowest BCUT2D eigenvalue weighted by Gasteiger charge is -2.44. The van der Waals surface area contributed by atoms with Crippen molar-refractivity contribution in [2.24, 2.45) is 0 Å². The first-order chi connectivity index (χ1) is 28.8. The van der Waals surface area contributed by atoms with Gasteiger partial charge in [-0.25, -0.2) is 13.2 Å². The van der Waals surface area contributed by atoms with Crippen molar-refractivity contribution in [3.8, 4) is 0 Å². The number of esters is 1. The van der Waals surface area contributed by atoms with Crippen molar-refractivity contribution in [1.82, 2.24) is 9.21 Å². The number of halogens is 3. The highest BCUT2D eigenvalue weighted by molar-refractivity contribution is 7.89. The summed E-state index contributed by atoms with van der Waals surface area (Å²) in [7, 11) is -4.36. The Morgan fingerprint density at radius 2 is 1.25 bits per heavy atom. The van der Waals surface area contributed by atoms with E-state index in [9.17, 15) is 18.0 Å². The molecule has 0 radical (unpaired) electrons. The largest absolute Gasteiger partial charge is 0.464 e. The number of nitrogens with zero attached hydrogens (tertiary/aromatic N) is 2. The lowest BCUT2D eigenvalue weighted by atomic mass is 9.80. The lowest BCUT2D eigenvalue weighted by molar-refractivity contribution is -0.141. The van der Waals surface area contributed by atoms with Gasteiger partial charge in [-0.1, -0.05) is 185 Å². The Kier molecular flexibility index (Phi) is 15.1. The van der Waals surface area contributed by atoms with Crippen molar-refractivity contribution >= 4 is 56.9 Å². The van der Waals surface area contributed by atoms with E-state index >= 15 is 0 Å². The van der Waals surface area contributed by atoms with E-state index in [4.69, 9.17) is 49.0 Å². The number of amides is 1. The standard InChI is InChI=1S/C47H47Cl3N2O7S/c1-35-23-25-43(26-24-35)60(55,56)52-42(33-51(28-30-57-36(2)53)45(54)58-34-37-15-7-3-8-16-37)31-38(32-44(52)47(48,49)50)27-29-59-46(39-17-9-4-10-18-39,40-19-11-5-12-20-40)41-21-13-6-14-22-41/h3-26,31,42,44H,27-30,32-34H2,1-2H3. The molecule has 5 aromatic rings. The van der Waals surface area contributed by atoms with Crippen LogP contribution in [0.4, 0.5) is 4.79 Å². The molecular weight excluding hydrogens is 843 g/mol. The second-order valence-corrected chi connectivity index (χ2v) is 18.7. The molecule has 0 spiro atoms. The summed E-state index contributed by atoms with van der Waals surface area (Å²) in [5.74, 6) is -0.537.